The number of benzene rings is 2. The number of aryl methyl sites for hydroxylation is 2. The van der Waals surface area contributed by atoms with Crippen LogP contribution in [0.5, 0.6) is 0 Å². The average Bonchev–Trinajstić information content (AvgIpc) is 3.30. The lowest BCUT2D eigenvalue weighted by atomic mass is 10.0. The molecule has 0 saturated carbocycles. The molecular weight excluding hydrogens is 448 g/mol. The van der Waals surface area contributed by atoms with Crippen LogP contribution in [0.3, 0.4) is 0 Å². The van der Waals surface area contributed by atoms with Crippen LogP contribution in [0.25, 0.3) is 39.1 Å². The van der Waals surface area contributed by atoms with Crippen molar-refractivity contribution in [2.75, 3.05) is 5.32 Å². The van der Waals surface area contributed by atoms with Crippen molar-refractivity contribution in [3.05, 3.63) is 108 Å². The number of pyridine rings is 2. The van der Waals surface area contributed by atoms with E-state index in [-0.39, 0.29) is 5.91 Å². The monoisotopic (exact) mass is 470 g/mol. The molecule has 0 saturated heterocycles. The van der Waals surface area contributed by atoms with Gasteiger partial charge in [-0.3, -0.25) is 9.78 Å². The smallest absolute Gasteiger partial charge is 0.256 e. The predicted octanol–water partition coefficient (Wildman–Crippen LogP) is 5.88. The lowest BCUT2D eigenvalue weighted by molar-refractivity contribution is 0.102. The van der Waals surface area contributed by atoms with Crippen LogP contribution in [0.15, 0.2) is 91.4 Å². The minimum Gasteiger partial charge on any atom is -0.307 e. The standard InChI is InChI=1S/C29H22N6O/c1-18-7-8-21(15-19(18)2)27-28(35-26(34-27)6-4-13-32-35)22-11-14-31-25(17-22)33-29(36)23-9-10-24-20(16-23)5-3-12-30-24/h3-17H,1-2H3,(H,31,33,36). The Balaban J connectivity index is 1.40. The summed E-state index contributed by atoms with van der Waals surface area (Å²) >= 11 is 0. The van der Waals surface area contributed by atoms with Gasteiger partial charge in [-0.2, -0.15) is 5.10 Å². The van der Waals surface area contributed by atoms with Crippen LogP contribution >= 0.6 is 0 Å². The minimum atomic E-state index is -0.240. The molecule has 0 atom stereocenters. The molecule has 1 N–H and O–H groups in total. The van der Waals surface area contributed by atoms with Crippen LogP contribution in [-0.2, 0) is 0 Å². The number of imidazole rings is 1. The number of anilines is 1. The van der Waals surface area contributed by atoms with Crippen LogP contribution in [0.4, 0.5) is 5.82 Å². The van der Waals surface area contributed by atoms with E-state index in [0.717, 1.165) is 39.1 Å². The van der Waals surface area contributed by atoms with Crippen LogP contribution in [0.1, 0.15) is 21.5 Å². The predicted molar refractivity (Wildman–Crippen MR) is 141 cm³/mol. The van der Waals surface area contributed by atoms with Crippen molar-refractivity contribution < 1.29 is 4.79 Å². The summed E-state index contributed by atoms with van der Waals surface area (Å²) in [7, 11) is 0. The Kier molecular flexibility index (Phi) is 5.22. The third-order valence-electron chi connectivity index (χ3n) is 6.31. The number of aromatic nitrogens is 5. The summed E-state index contributed by atoms with van der Waals surface area (Å²) in [5.74, 6) is 0.205. The highest BCUT2D eigenvalue weighted by molar-refractivity contribution is 6.06. The Morgan fingerprint density at radius 3 is 2.58 bits per heavy atom. The molecule has 1 amide bonds. The molecule has 0 aliphatic heterocycles. The number of hydrogen-bond acceptors (Lipinski definition) is 5. The van der Waals surface area contributed by atoms with Crippen molar-refractivity contribution in [2.24, 2.45) is 0 Å². The van der Waals surface area contributed by atoms with Gasteiger partial charge in [0.25, 0.3) is 5.91 Å². The van der Waals surface area contributed by atoms with Gasteiger partial charge in [0.15, 0.2) is 5.65 Å². The quantitative estimate of drug-likeness (QED) is 0.348. The number of amides is 1. The Hall–Kier alpha value is -4.91. The third kappa shape index (κ3) is 3.86. The summed E-state index contributed by atoms with van der Waals surface area (Å²) in [4.78, 5) is 26.6. The molecule has 0 bridgehead atoms. The van der Waals surface area contributed by atoms with Gasteiger partial charge in [0.05, 0.1) is 11.2 Å². The lowest BCUT2D eigenvalue weighted by Gasteiger charge is -2.09. The summed E-state index contributed by atoms with van der Waals surface area (Å²) in [6.45, 7) is 4.19. The van der Waals surface area contributed by atoms with E-state index in [1.807, 2.05) is 53.0 Å². The van der Waals surface area contributed by atoms with Crippen molar-refractivity contribution in [3.8, 4) is 22.5 Å². The van der Waals surface area contributed by atoms with Crippen molar-refractivity contribution >= 4 is 28.3 Å². The number of rotatable bonds is 4. The van der Waals surface area contributed by atoms with Gasteiger partial charge in [0.2, 0.25) is 0 Å². The maximum Gasteiger partial charge on any atom is 0.256 e. The van der Waals surface area contributed by atoms with E-state index < -0.39 is 0 Å². The van der Waals surface area contributed by atoms with Gasteiger partial charge < -0.3 is 5.32 Å². The summed E-state index contributed by atoms with van der Waals surface area (Å²) < 4.78 is 1.82. The second-order valence-electron chi connectivity index (χ2n) is 8.70. The maximum atomic E-state index is 13.0. The van der Waals surface area contributed by atoms with E-state index in [2.05, 4.69) is 52.4 Å². The number of nitrogens with one attached hydrogen (secondary N) is 1. The number of carbonyl (C=O) groups is 1. The van der Waals surface area contributed by atoms with E-state index in [0.29, 0.717) is 11.4 Å². The molecule has 36 heavy (non-hydrogen) atoms. The first kappa shape index (κ1) is 21.6. The van der Waals surface area contributed by atoms with Crippen LogP contribution < -0.4 is 5.32 Å². The molecule has 0 aliphatic carbocycles. The van der Waals surface area contributed by atoms with Gasteiger partial charge >= 0.3 is 0 Å². The second kappa shape index (κ2) is 8.70. The first-order valence-corrected chi connectivity index (χ1v) is 11.6. The molecule has 7 nitrogen and oxygen atoms in total. The highest BCUT2D eigenvalue weighted by atomic mass is 16.1. The molecule has 7 heteroatoms. The minimum absolute atomic E-state index is 0.240. The Bertz CT molecular complexity index is 1770. The summed E-state index contributed by atoms with van der Waals surface area (Å²) in [6, 6.07) is 23.1. The Morgan fingerprint density at radius 1 is 0.806 bits per heavy atom. The van der Waals surface area contributed by atoms with Crippen LogP contribution in [-0.4, -0.2) is 30.5 Å². The molecule has 4 aromatic heterocycles. The van der Waals surface area contributed by atoms with Gasteiger partial charge in [-0.25, -0.2) is 14.5 Å². The van der Waals surface area contributed by atoms with E-state index in [1.54, 1.807) is 24.7 Å². The van der Waals surface area contributed by atoms with Crippen molar-refractivity contribution in [1.82, 2.24) is 24.6 Å². The van der Waals surface area contributed by atoms with Gasteiger partial charge in [-0.1, -0.05) is 18.2 Å². The molecule has 2 aromatic carbocycles. The van der Waals surface area contributed by atoms with E-state index in [4.69, 9.17) is 4.98 Å². The number of carbonyl (C=O) groups excluding carboxylic acids is 1. The molecule has 6 rings (SSSR count). The lowest BCUT2D eigenvalue weighted by Crippen LogP contribution is -2.13. The maximum absolute atomic E-state index is 13.0. The van der Waals surface area contributed by atoms with Gasteiger partial charge in [0, 0.05) is 40.7 Å². The van der Waals surface area contributed by atoms with Gasteiger partial charge in [0.1, 0.15) is 11.5 Å². The molecule has 0 unspecified atom stereocenters. The topological polar surface area (TPSA) is 85.1 Å². The SMILES string of the molecule is Cc1ccc(-c2nc3cccnn3c2-c2ccnc(NC(=O)c3ccc4ncccc4c3)c2)cc1C. The largest absolute Gasteiger partial charge is 0.307 e. The number of nitrogens with zero attached hydrogens (tertiary/aromatic N) is 5. The first-order chi connectivity index (χ1) is 17.6. The second-order valence-corrected chi connectivity index (χ2v) is 8.70. The Morgan fingerprint density at radius 2 is 1.69 bits per heavy atom. The fourth-order valence-electron chi connectivity index (χ4n) is 4.29. The molecule has 0 spiro atoms. The molecule has 6 aromatic rings. The molecular formula is C29H22N6O. The summed E-state index contributed by atoms with van der Waals surface area (Å²) in [5.41, 5.74) is 8.05. The molecule has 0 fully saturated rings. The first-order valence-electron chi connectivity index (χ1n) is 11.6. The van der Waals surface area contributed by atoms with Crippen molar-refractivity contribution in [2.45, 2.75) is 13.8 Å². The van der Waals surface area contributed by atoms with Gasteiger partial charge in [-0.15, -0.1) is 0 Å². The van der Waals surface area contributed by atoms with Crippen LogP contribution in [0.2, 0.25) is 0 Å². The summed E-state index contributed by atoms with van der Waals surface area (Å²) in [5, 5.41) is 8.38. The zero-order valence-electron chi connectivity index (χ0n) is 19.8. The van der Waals surface area contributed by atoms with Crippen LogP contribution in [0, 0.1) is 13.8 Å². The number of hydrogen-bond donors (Lipinski definition) is 1. The molecule has 174 valence electrons. The average molecular weight is 471 g/mol. The summed E-state index contributed by atoms with van der Waals surface area (Å²) in [6.07, 6.45) is 5.15. The molecule has 0 aliphatic rings. The third-order valence-corrected chi connectivity index (χ3v) is 6.31. The fraction of sp³-hybridized carbons (Fsp3) is 0.0690. The zero-order chi connectivity index (χ0) is 24.6. The zero-order valence-corrected chi connectivity index (χ0v) is 19.8. The number of fused-ring (bicyclic) bond motifs is 2. The Labute approximate surface area is 207 Å². The van der Waals surface area contributed by atoms with E-state index in [1.165, 1.54) is 11.1 Å². The highest BCUT2D eigenvalue weighted by Crippen LogP contribution is 2.33. The van der Waals surface area contributed by atoms with E-state index in [9.17, 15) is 4.79 Å². The van der Waals surface area contributed by atoms with E-state index >= 15 is 0 Å². The molecule has 4 heterocycles. The highest BCUT2D eigenvalue weighted by Gasteiger charge is 2.18. The normalized spacial score (nSPS) is 11.2. The van der Waals surface area contributed by atoms with Crippen molar-refractivity contribution in [1.29, 1.82) is 0 Å². The van der Waals surface area contributed by atoms with Gasteiger partial charge in [-0.05, 0) is 79.6 Å². The fourth-order valence-corrected chi connectivity index (χ4v) is 4.29. The molecule has 0 radical (unpaired) electrons. The van der Waals surface area contributed by atoms with Crippen molar-refractivity contribution in [3.63, 3.8) is 0 Å².